The van der Waals surface area contributed by atoms with Crippen molar-refractivity contribution in [3.8, 4) is 6.07 Å². The molecule has 0 unspecified atom stereocenters. The van der Waals surface area contributed by atoms with Crippen LogP contribution in [-0.4, -0.2) is 44.8 Å². The molecule has 1 rings (SSSR count). The van der Waals surface area contributed by atoms with Gasteiger partial charge in [0.05, 0.1) is 11.8 Å². The normalized spacial score (nSPS) is 16.3. The Balaban J connectivity index is 2.51. The summed E-state index contributed by atoms with van der Waals surface area (Å²) in [4.78, 5) is 0. The van der Waals surface area contributed by atoms with Crippen LogP contribution in [0.25, 0.3) is 0 Å². The van der Waals surface area contributed by atoms with E-state index in [-0.39, 0.29) is 18.2 Å². The highest BCUT2D eigenvalue weighted by Gasteiger charge is 2.36. The van der Waals surface area contributed by atoms with Crippen molar-refractivity contribution in [2.45, 2.75) is 31.7 Å². The van der Waals surface area contributed by atoms with Gasteiger partial charge in [-0.3, -0.25) is 0 Å². The van der Waals surface area contributed by atoms with Crippen LogP contribution < -0.4 is 0 Å². The molecule has 0 heterocycles. The van der Waals surface area contributed by atoms with E-state index < -0.39 is 10.0 Å². The second-order valence-electron chi connectivity index (χ2n) is 3.91. The van der Waals surface area contributed by atoms with Crippen LogP contribution in [0, 0.1) is 11.3 Å². The molecule has 0 atom stereocenters. The highest BCUT2D eigenvalue weighted by Crippen LogP contribution is 2.29. The fourth-order valence-corrected chi connectivity index (χ4v) is 3.33. The third-order valence-corrected chi connectivity index (χ3v) is 4.51. The topological polar surface area (TPSA) is 70.4 Å². The molecule has 0 amide bonds. The minimum absolute atomic E-state index is 0.114. The molecule has 0 aromatic heterocycles. The highest BCUT2D eigenvalue weighted by atomic mass is 32.2. The summed E-state index contributed by atoms with van der Waals surface area (Å²) in [7, 11) is -1.64. The van der Waals surface area contributed by atoms with Gasteiger partial charge >= 0.3 is 0 Å². The van der Waals surface area contributed by atoms with Crippen LogP contribution in [0.5, 0.6) is 0 Å². The molecule has 0 aromatic rings. The zero-order valence-corrected chi connectivity index (χ0v) is 10.4. The Morgan fingerprint density at radius 3 is 2.69 bits per heavy atom. The van der Waals surface area contributed by atoms with Crippen molar-refractivity contribution in [3.63, 3.8) is 0 Å². The van der Waals surface area contributed by atoms with Crippen LogP contribution in [0.1, 0.15) is 25.7 Å². The fraction of sp³-hybridized carbons (Fsp3) is 0.900. The molecule has 6 heteroatoms. The van der Waals surface area contributed by atoms with Gasteiger partial charge in [-0.15, -0.1) is 0 Å². The van der Waals surface area contributed by atoms with Crippen molar-refractivity contribution in [3.05, 3.63) is 0 Å². The smallest absolute Gasteiger partial charge is 0.214 e. The highest BCUT2D eigenvalue weighted by molar-refractivity contribution is 7.89. The quantitative estimate of drug-likeness (QED) is 0.592. The van der Waals surface area contributed by atoms with Gasteiger partial charge in [-0.05, 0) is 19.3 Å². The Kier molecular flexibility index (Phi) is 5.19. The number of hydrogen-bond acceptors (Lipinski definition) is 4. The van der Waals surface area contributed by atoms with Crippen molar-refractivity contribution >= 4 is 10.0 Å². The number of rotatable bonds is 8. The molecular formula is C10H18N2O3S. The summed E-state index contributed by atoms with van der Waals surface area (Å²) in [5.41, 5.74) is 0. The molecular weight excluding hydrogens is 228 g/mol. The first-order chi connectivity index (χ1) is 7.61. The second kappa shape index (κ2) is 6.18. The number of sulfonamides is 1. The number of nitrogens with zero attached hydrogens (tertiary/aromatic N) is 2. The number of hydrogen-bond donors (Lipinski definition) is 0. The predicted molar refractivity (Wildman–Crippen MR) is 60.2 cm³/mol. The minimum Gasteiger partial charge on any atom is -0.385 e. The first-order valence-electron chi connectivity index (χ1n) is 5.47. The van der Waals surface area contributed by atoms with Gasteiger partial charge in [0.1, 0.15) is 0 Å². The lowest BCUT2D eigenvalue weighted by atomic mass is 10.4. The van der Waals surface area contributed by atoms with Gasteiger partial charge < -0.3 is 4.74 Å². The molecule has 1 aliphatic carbocycles. The van der Waals surface area contributed by atoms with Crippen LogP contribution in [0.15, 0.2) is 0 Å². The Hall–Kier alpha value is -0.640. The summed E-state index contributed by atoms with van der Waals surface area (Å²) < 4.78 is 30.2. The predicted octanol–water partition coefficient (Wildman–Crippen LogP) is 0.731. The Bertz CT molecular complexity index is 344. The van der Waals surface area contributed by atoms with E-state index in [2.05, 4.69) is 0 Å². The molecule has 0 saturated heterocycles. The molecule has 5 nitrogen and oxygen atoms in total. The average Bonchev–Trinajstić information content (AvgIpc) is 3.02. The van der Waals surface area contributed by atoms with Crippen LogP contribution >= 0.6 is 0 Å². The summed E-state index contributed by atoms with van der Waals surface area (Å²) in [6, 6.07) is 2.13. The molecule has 0 spiro atoms. The zero-order chi connectivity index (χ0) is 12.0. The monoisotopic (exact) mass is 246 g/mol. The molecule has 1 saturated carbocycles. The number of ether oxygens (including phenoxy) is 1. The van der Waals surface area contributed by atoms with Crippen LogP contribution in [0.3, 0.4) is 0 Å². The molecule has 0 bridgehead atoms. The maximum Gasteiger partial charge on any atom is 0.214 e. The molecule has 1 aliphatic rings. The lowest BCUT2D eigenvalue weighted by Gasteiger charge is -2.20. The second-order valence-corrected chi connectivity index (χ2v) is 5.95. The number of nitriles is 1. The van der Waals surface area contributed by atoms with E-state index >= 15 is 0 Å². The Morgan fingerprint density at radius 1 is 1.50 bits per heavy atom. The van der Waals surface area contributed by atoms with Crippen molar-refractivity contribution in [2.24, 2.45) is 0 Å². The van der Waals surface area contributed by atoms with Crippen LogP contribution in [-0.2, 0) is 14.8 Å². The molecule has 0 aliphatic heterocycles. The zero-order valence-electron chi connectivity index (χ0n) is 9.55. The largest absolute Gasteiger partial charge is 0.385 e. The van der Waals surface area contributed by atoms with E-state index in [0.29, 0.717) is 19.6 Å². The van der Waals surface area contributed by atoms with Gasteiger partial charge in [-0.2, -0.15) is 9.57 Å². The molecule has 1 fully saturated rings. The SMILES string of the molecule is COCCCS(=O)(=O)N(CCC#N)C1CC1. The van der Waals surface area contributed by atoms with E-state index in [4.69, 9.17) is 10.00 Å². The summed E-state index contributed by atoms with van der Waals surface area (Å²) in [5.74, 6) is 0.114. The van der Waals surface area contributed by atoms with Crippen molar-refractivity contribution in [1.29, 1.82) is 5.26 Å². The van der Waals surface area contributed by atoms with Crippen molar-refractivity contribution < 1.29 is 13.2 Å². The van der Waals surface area contributed by atoms with Gasteiger partial charge in [-0.25, -0.2) is 8.42 Å². The van der Waals surface area contributed by atoms with Gasteiger partial charge in [0.2, 0.25) is 10.0 Å². The van der Waals surface area contributed by atoms with Gasteiger partial charge in [0, 0.05) is 32.7 Å². The van der Waals surface area contributed by atoms with Gasteiger partial charge in [0.15, 0.2) is 0 Å². The third-order valence-electron chi connectivity index (χ3n) is 2.51. The summed E-state index contributed by atoms with van der Waals surface area (Å²) in [6.45, 7) is 0.784. The average molecular weight is 246 g/mol. The van der Waals surface area contributed by atoms with Crippen LogP contribution in [0.4, 0.5) is 0 Å². The van der Waals surface area contributed by atoms with Crippen molar-refractivity contribution in [2.75, 3.05) is 26.0 Å². The minimum atomic E-state index is -3.20. The maximum absolute atomic E-state index is 12.0. The Labute approximate surface area is 97.0 Å². The van der Waals surface area contributed by atoms with E-state index in [1.807, 2.05) is 6.07 Å². The van der Waals surface area contributed by atoms with E-state index in [1.54, 1.807) is 7.11 Å². The molecule has 0 N–H and O–H groups in total. The van der Waals surface area contributed by atoms with E-state index in [1.165, 1.54) is 4.31 Å². The molecule has 0 radical (unpaired) electrons. The Morgan fingerprint density at radius 2 is 2.19 bits per heavy atom. The lowest BCUT2D eigenvalue weighted by Crippen LogP contribution is -2.36. The summed E-state index contributed by atoms with van der Waals surface area (Å²) in [6.07, 6.45) is 2.62. The first kappa shape index (κ1) is 13.4. The van der Waals surface area contributed by atoms with Crippen molar-refractivity contribution in [1.82, 2.24) is 4.31 Å². The number of methoxy groups -OCH3 is 1. The molecule has 16 heavy (non-hydrogen) atoms. The van der Waals surface area contributed by atoms with Crippen LogP contribution in [0.2, 0.25) is 0 Å². The van der Waals surface area contributed by atoms with E-state index in [0.717, 1.165) is 12.8 Å². The first-order valence-corrected chi connectivity index (χ1v) is 7.08. The lowest BCUT2D eigenvalue weighted by molar-refractivity contribution is 0.199. The fourth-order valence-electron chi connectivity index (χ4n) is 1.57. The maximum atomic E-state index is 12.0. The standard InChI is InChI=1S/C10H18N2O3S/c1-15-8-3-9-16(13,14)12(7-2-6-11)10-4-5-10/h10H,2-5,7-9H2,1H3. The molecule has 0 aromatic carbocycles. The molecule has 92 valence electrons. The summed E-state index contributed by atoms with van der Waals surface area (Å²) in [5, 5.41) is 8.51. The van der Waals surface area contributed by atoms with Gasteiger partial charge in [-0.1, -0.05) is 0 Å². The van der Waals surface area contributed by atoms with E-state index in [9.17, 15) is 8.42 Å². The third kappa shape index (κ3) is 4.08. The van der Waals surface area contributed by atoms with Gasteiger partial charge in [0.25, 0.3) is 0 Å². The summed E-state index contributed by atoms with van der Waals surface area (Å²) >= 11 is 0.